The summed E-state index contributed by atoms with van der Waals surface area (Å²) in [5, 5.41) is 11.6. The van der Waals surface area contributed by atoms with Crippen molar-refractivity contribution in [3.05, 3.63) is 66.5 Å². The van der Waals surface area contributed by atoms with E-state index in [1.807, 2.05) is 6.92 Å². The largest absolute Gasteiger partial charge is 0.479 e. The molecule has 1 aromatic heterocycles. The zero-order chi connectivity index (χ0) is 15.0. The third kappa shape index (κ3) is 4.53. The van der Waals surface area contributed by atoms with Gasteiger partial charge in [0.05, 0.1) is 5.56 Å². The lowest BCUT2D eigenvalue weighted by molar-refractivity contribution is -0.138. The summed E-state index contributed by atoms with van der Waals surface area (Å²) >= 11 is 0. The number of nitrogens with one attached hydrogen (secondary N) is 1. The third-order valence-electron chi connectivity index (χ3n) is 2.43. The highest BCUT2D eigenvalue weighted by Gasteiger charge is 2.22. The molecule has 1 heterocycles. The smallest absolute Gasteiger partial charge is 0.330 e. The highest BCUT2D eigenvalue weighted by Crippen LogP contribution is 2.05. The van der Waals surface area contributed by atoms with Crippen LogP contribution in [0.4, 0.5) is 0 Å². The van der Waals surface area contributed by atoms with E-state index in [9.17, 15) is 9.59 Å². The Morgan fingerprint density at radius 3 is 2.75 bits per heavy atom. The van der Waals surface area contributed by atoms with Crippen molar-refractivity contribution in [1.82, 2.24) is 10.3 Å². The number of carboxylic acids is 1. The lowest BCUT2D eigenvalue weighted by Crippen LogP contribution is -2.41. The summed E-state index contributed by atoms with van der Waals surface area (Å²) in [6.07, 6.45) is 9.65. The Balaban J connectivity index is 2.80. The molecular weight excluding hydrogens is 256 g/mol. The predicted molar refractivity (Wildman–Crippen MR) is 76.2 cm³/mol. The van der Waals surface area contributed by atoms with E-state index >= 15 is 0 Å². The molecule has 5 heteroatoms. The van der Waals surface area contributed by atoms with Gasteiger partial charge in [0.2, 0.25) is 0 Å². The van der Waals surface area contributed by atoms with Gasteiger partial charge in [-0.1, -0.05) is 30.9 Å². The molecule has 1 aromatic rings. The van der Waals surface area contributed by atoms with Crippen LogP contribution < -0.4 is 5.32 Å². The average Bonchev–Trinajstić information content (AvgIpc) is 2.45. The monoisotopic (exact) mass is 272 g/mol. The second-order valence-electron chi connectivity index (χ2n) is 3.95. The number of aliphatic carboxylic acids is 1. The molecule has 1 amide bonds. The molecule has 0 aliphatic carbocycles. The van der Waals surface area contributed by atoms with Gasteiger partial charge in [-0.3, -0.25) is 9.78 Å². The number of amides is 1. The van der Waals surface area contributed by atoms with E-state index in [2.05, 4.69) is 16.9 Å². The molecule has 0 aromatic carbocycles. The normalized spacial score (nSPS) is 12.4. The summed E-state index contributed by atoms with van der Waals surface area (Å²) in [6.45, 7) is 5.50. The highest BCUT2D eigenvalue weighted by atomic mass is 16.4. The molecule has 5 nitrogen and oxygen atoms in total. The van der Waals surface area contributed by atoms with E-state index in [0.717, 1.165) is 0 Å². The van der Waals surface area contributed by atoms with Crippen molar-refractivity contribution in [2.75, 3.05) is 0 Å². The number of hydrogen-bond donors (Lipinski definition) is 2. The molecule has 0 unspecified atom stereocenters. The molecule has 0 bridgehead atoms. The van der Waals surface area contributed by atoms with E-state index in [1.165, 1.54) is 12.4 Å². The molecule has 1 atom stereocenters. The van der Waals surface area contributed by atoms with Crippen LogP contribution in [0.1, 0.15) is 17.3 Å². The van der Waals surface area contributed by atoms with Crippen LogP contribution in [-0.4, -0.2) is 28.0 Å². The minimum atomic E-state index is -1.18. The van der Waals surface area contributed by atoms with Gasteiger partial charge in [-0.15, -0.1) is 0 Å². The van der Waals surface area contributed by atoms with Crippen molar-refractivity contribution in [3.63, 3.8) is 0 Å². The standard InChI is InChI=1S/C15H16N2O3/c1-3-4-5-7-11(2)13(15(19)20)17-14(18)12-8-6-9-16-10-12/h3-10,13H,2H2,1H3,(H,17,18)(H,19,20)/b4-3-,7-5-/t13-/m1/s1. The van der Waals surface area contributed by atoms with E-state index in [-0.39, 0.29) is 5.57 Å². The summed E-state index contributed by atoms with van der Waals surface area (Å²) in [7, 11) is 0. The molecule has 0 aliphatic heterocycles. The molecule has 0 saturated heterocycles. The molecule has 0 spiro atoms. The second-order valence-corrected chi connectivity index (χ2v) is 3.95. The van der Waals surface area contributed by atoms with Gasteiger partial charge in [0, 0.05) is 12.4 Å². The van der Waals surface area contributed by atoms with E-state index < -0.39 is 17.9 Å². The Morgan fingerprint density at radius 1 is 1.45 bits per heavy atom. The summed E-state index contributed by atoms with van der Waals surface area (Å²) in [4.78, 5) is 26.9. The van der Waals surface area contributed by atoms with Gasteiger partial charge < -0.3 is 10.4 Å². The summed E-state index contributed by atoms with van der Waals surface area (Å²) < 4.78 is 0. The SMILES string of the molecule is C=C(/C=C\C=C/C)[C@@H](NC(=O)c1cccnc1)C(=O)O. The van der Waals surface area contributed by atoms with Crippen molar-refractivity contribution in [3.8, 4) is 0 Å². The van der Waals surface area contributed by atoms with E-state index in [4.69, 9.17) is 5.11 Å². The van der Waals surface area contributed by atoms with Crippen LogP contribution in [0.2, 0.25) is 0 Å². The van der Waals surface area contributed by atoms with Crippen LogP contribution in [0.15, 0.2) is 61.0 Å². The first-order valence-corrected chi connectivity index (χ1v) is 5.98. The number of carboxylic acid groups (broad SMARTS) is 1. The fourth-order valence-corrected chi connectivity index (χ4v) is 1.41. The van der Waals surface area contributed by atoms with Crippen LogP contribution >= 0.6 is 0 Å². The highest BCUT2D eigenvalue weighted by molar-refractivity contribution is 5.97. The molecule has 2 N–H and O–H groups in total. The maximum atomic E-state index is 11.9. The van der Waals surface area contributed by atoms with Gasteiger partial charge >= 0.3 is 5.97 Å². The summed E-state index contributed by atoms with van der Waals surface area (Å²) in [5.74, 6) is -1.68. The third-order valence-corrected chi connectivity index (χ3v) is 2.43. The molecule has 0 fully saturated rings. The minimum absolute atomic E-state index is 0.285. The van der Waals surface area contributed by atoms with Gasteiger partial charge in [0.1, 0.15) is 0 Å². The molecule has 104 valence electrons. The Labute approximate surface area is 117 Å². The van der Waals surface area contributed by atoms with Crippen molar-refractivity contribution >= 4 is 11.9 Å². The fraction of sp³-hybridized carbons (Fsp3) is 0.133. The molecule has 1 rings (SSSR count). The number of carbonyl (C=O) groups excluding carboxylic acids is 1. The number of rotatable bonds is 6. The molecule has 0 saturated carbocycles. The quantitative estimate of drug-likeness (QED) is 0.776. The minimum Gasteiger partial charge on any atom is -0.479 e. The van der Waals surface area contributed by atoms with Crippen molar-refractivity contribution in [1.29, 1.82) is 0 Å². The van der Waals surface area contributed by atoms with Gasteiger partial charge in [-0.2, -0.15) is 0 Å². The molecular formula is C15H16N2O3. The Hall–Kier alpha value is -2.69. The fourth-order valence-electron chi connectivity index (χ4n) is 1.41. The molecule has 0 radical (unpaired) electrons. The van der Waals surface area contributed by atoms with E-state index in [0.29, 0.717) is 5.56 Å². The summed E-state index contributed by atoms with van der Waals surface area (Å²) in [6, 6.07) is 1.98. The van der Waals surface area contributed by atoms with Crippen LogP contribution in [0.3, 0.4) is 0 Å². The lowest BCUT2D eigenvalue weighted by Gasteiger charge is -2.14. The van der Waals surface area contributed by atoms with Crippen molar-refractivity contribution in [2.45, 2.75) is 13.0 Å². The topological polar surface area (TPSA) is 79.3 Å². The van der Waals surface area contributed by atoms with Crippen LogP contribution in [0.5, 0.6) is 0 Å². The van der Waals surface area contributed by atoms with Crippen LogP contribution in [0, 0.1) is 0 Å². The van der Waals surface area contributed by atoms with Crippen LogP contribution in [0.25, 0.3) is 0 Å². The number of carbonyl (C=O) groups is 2. The number of allylic oxidation sites excluding steroid dienone is 3. The van der Waals surface area contributed by atoms with Gasteiger partial charge in [0.15, 0.2) is 6.04 Å². The first-order chi connectivity index (χ1) is 9.56. The average molecular weight is 272 g/mol. The zero-order valence-corrected chi connectivity index (χ0v) is 11.1. The van der Waals surface area contributed by atoms with Gasteiger partial charge in [0.25, 0.3) is 5.91 Å². The van der Waals surface area contributed by atoms with Gasteiger partial charge in [-0.25, -0.2) is 4.79 Å². The Bertz CT molecular complexity index is 547. The first-order valence-electron chi connectivity index (χ1n) is 5.98. The maximum absolute atomic E-state index is 11.9. The van der Waals surface area contributed by atoms with Crippen molar-refractivity contribution in [2.24, 2.45) is 0 Å². The molecule has 0 aliphatic rings. The van der Waals surface area contributed by atoms with Gasteiger partial charge in [-0.05, 0) is 24.6 Å². The number of hydrogen-bond acceptors (Lipinski definition) is 3. The number of nitrogens with zero attached hydrogens (tertiary/aromatic N) is 1. The van der Waals surface area contributed by atoms with Crippen molar-refractivity contribution < 1.29 is 14.7 Å². The Kier molecular flexibility index (Phi) is 5.90. The lowest BCUT2D eigenvalue weighted by atomic mass is 10.1. The number of aromatic nitrogens is 1. The second kappa shape index (κ2) is 7.68. The Morgan fingerprint density at radius 2 is 2.20 bits per heavy atom. The first kappa shape index (κ1) is 15.4. The predicted octanol–water partition coefficient (Wildman–Crippen LogP) is 1.95. The van der Waals surface area contributed by atoms with Crippen LogP contribution in [-0.2, 0) is 4.79 Å². The maximum Gasteiger partial charge on any atom is 0.330 e. The summed E-state index contributed by atoms with van der Waals surface area (Å²) in [5.41, 5.74) is 0.580. The molecule has 20 heavy (non-hydrogen) atoms. The zero-order valence-electron chi connectivity index (χ0n) is 11.1. The number of pyridine rings is 1. The van der Waals surface area contributed by atoms with E-state index in [1.54, 1.807) is 36.4 Å².